The highest BCUT2D eigenvalue weighted by Crippen LogP contribution is 2.14. The minimum Gasteiger partial charge on any atom is -0.293 e. The molecule has 0 aliphatic rings. The zero-order valence-corrected chi connectivity index (χ0v) is 8.53. The molecule has 0 heterocycles. The topological polar surface area (TPSA) is 40.9 Å². The van der Waals surface area contributed by atoms with Gasteiger partial charge in [0, 0.05) is 5.56 Å². The van der Waals surface area contributed by atoms with E-state index < -0.39 is 5.92 Å². The van der Waals surface area contributed by atoms with Crippen molar-refractivity contribution in [3.05, 3.63) is 35.6 Å². The first kappa shape index (κ1) is 11.4. The second-order valence-corrected chi connectivity index (χ2v) is 3.34. The quantitative estimate of drug-likeness (QED) is 0.709. The van der Waals surface area contributed by atoms with Crippen LogP contribution < -0.4 is 0 Å². The second-order valence-electron chi connectivity index (χ2n) is 3.34. The van der Waals surface area contributed by atoms with Crippen LogP contribution in [0.4, 0.5) is 4.39 Å². The van der Waals surface area contributed by atoms with Gasteiger partial charge in [-0.25, -0.2) is 4.39 Å². The van der Waals surface area contributed by atoms with Gasteiger partial charge in [-0.15, -0.1) is 0 Å². The highest BCUT2D eigenvalue weighted by molar-refractivity contribution is 5.99. The van der Waals surface area contributed by atoms with Gasteiger partial charge in [0.2, 0.25) is 0 Å². The third-order valence-electron chi connectivity index (χ3n) is 2.18. The number of carbonyl (C=O) groups excluding carboxylic acids is 1. The van der Waals surface area contributed by atoms with Gasteiger partial charge in [0.1, 0.15) is 11.7 Å². The predicted octanol–water partition coefficient (Wildman–Crippen LogP) is 2.95. The molecule has 0 aliphatic heterocycles. The van der Waals surface area contributed by atoms with Crippen molar-refractivity contribution >= 4 is 5.78 Å². The van der Waals surface area contributed by atoms with Gasteiger partial charge in [-0.3, -0.25) is 4.79 Å². The van der Waals surface area contributed by atoms with E-state index in [0.717, 1.165) is 6.42 Å². The molecule has 0 N–H and O–H groups in total. The summed E-state index contributed by atoms with van der Waals surface area (Å²) in [6.45, 7) is 1.92. The van der Waals surface area contributed by atoms with Crippen molar-refractivity contribution in [1.29, 1.82) is 5.26 Å². The molecule has 78 valence electrons. The summed E-state index contributed by atoms with van der Waals surface area (Å²) in [6, 6.07) is 7.26. The van der Waals surface area contributed by atoms with Crippen LogP contribution in [0.2, 0.25) is 0 Å². The molecule has 0 amide bonds. The zero-order chi connectivity index (χ0) is 11.3. The molecule has 0 radical (unpaired) electrons. The van der Waals surface area contributed by atoms with Gasteiger partial charge in [0.05, 0.1) is 6.07 Å². The number of nitrogens with zero attached hydrogens (tertiary/aromatic N) is 1. The van der Waals surface area contributed by atoms with Crippen molar-refractivity contribution in [2.45, 2.75) is 19.8 Å². The second kappa shape index (κ2) is 5.26. The summed E-state index contributed by atoms with van der Waals surface area (Å²) in [5, 5.41) is 8.80. The van der Waals surface area contributed by atoms with E-state index in [1.54, 1.807) is 0 Å². The molecule has 1 unspecified atom stereocenters. The van der Waals surface area contributed by atoms with Crippen LogP contribution in [-0.2, 0) is 0 Å². The van der Waals surface area contributed by atoms with Crippen LogP contribution in [0.1, 0.15) is 30.1 Å². The first-order chi connectivity index (χ1) is 7.19. The fraction of sp³-hybridized carbons (Fsp3) is 0.333. The number of hydrogen-bond acceptors (Lipinski definition) is 2. The lowest BCUT2D eigenvalue weighted by Gasteiger charge is -2.05. The van der Waals surface area contributed by atoms with Crippen molar-refractivity contribution in [3.63, 3.8) is 0 Å². The molecule has 1 rings (SSSR count). The normalized spacial score (nSPS) is 11.8. The number of rotatable bonds is 4. The molecule has 2 nitrogen and oxygen atoms in total. The summed E-state index contributed by atoms with van der Waals surface area (Å²) in [7, 11) is 0. The minimum atomic E-state index is -0.611. The number of benzene rings is 1. The van der Waals surface area contributed by atoms with Crippen LogP contribution in [0.5, 0.6) is 0 Å². The molecule has 0 fully saturated rings. The maximum absolute atomic E-state index is 12.6. The highest BCUT2D eigenvalue weighted by atomic mass is 19.1. The highest BCUT2D eigenvalue weighted by Gasteiger charge is 2.18. The summed E-state index contributed by atoms with van der Waals surface area (Å²) in [6.07, 6.45) is 1.33. The van der Waals surface area contributed by atoms with Gasteiger partial charge < -0.3 is 0 Å². The predicted molar refractivity (Wildman–Crippen MR) is 54.7 cm³/mol. The van der Waals surface area contributed by atoms with E-state index in [2.05, 4.69) is 0 Å². The number of halogens is 1. The molecule has 15 heavy (non-hydrogen) atoms. The lowest BCUT2D eigenvalue weighted by Crippen LogP contribution is -2.12. The fourth-order valence-electron chi connectivity index (χ4n) is 1.36. The number of hydrogen-bond donors (Lipinski definition) is 0. The Bertz CT molecular complexity index is 378. The van der Waals surface area contributed by atoms with Crippen LogP contribution in [0.15, 0.2) is 24.3 Å². The number of Topliss-reactive ketones (excluding diaryl/α,β-unsaturated/α-hetero) is 1. The van der Waals surface area contributed by atoms with Crippen LogP contribution in [0.25, 0.3) is 0 Å². The van der Waals surface area contributed by atoms with Gasteiger partial charge in [-0.1, -0.05) is 13.3 Å². The van der Waals surface area contributed by atoms with Gasteiger partial charge in [0.15, 0.2) is 5.78 Å². The Balaban J connectivity index is 2.84. The standard InChI is InChI=1S/C12H12FNO/c1-2-3-10(8-14)12(15)9-4-6-11(13)7-5-9/h4-7,10H,2-3H2,1H3. The molecule has 1 atom stereocenters. The Labute approximate surface area is 88.3 Å². The molecule has 3 heteroatoms. The Morgan fingerprint density at radius 1 is 1.47 bits per heavy atom. The molecule has 0 saturated heterocycles. The first-order valence-corrected chi connectivity index (χ1v) is 4.88. The molecule has 0 aromatic heterocycles. The van der Waals surface area contributed by atoms with E-state index >= 15 is 0 Å². The first-order valence-electron chi connectivity index (χ1n) is 4.88. The van der Waals surface area contributed by atoms with Crippen LogP contribution >= 0.6 is 0 Å². The zero-order valence-electron chi connectivity index (χ0n) is 8.53. The van der Waals surface area contributed by atoms with Crippen molar-refractivity contribution < 1.29 is 9.18 Å². The molecule has 1 aromatic carbocycles. The SMILES string of the molecule is CCCC(C#N)C(=O)c1ccc(F)cc1. The van der Waals surface area contributed by atoms with Gasteiger partial charge in [-0.2, -0.15) is 5.26 Å². The van der Waals surface area contributed by atoms with Gasteiger partial charge in [-0.05, 0) is 30.7 Å². The minimum absolute atomic E-state index is 0.223. The summed E-state index contributed by atoms with van der Waals surface area (Å²) in [5.74, 6) is -1.21. The van der Waals surface area contributed by atoms with E-state index in [0.29, 0.717) is 12.0 Å². The molecular weight excluding hydrogens is 193 g/mol. The summed E-state index contributed by atoms with van der Waals surface area (Å²) < 4.78 is 12.6. The lowest BCUT2D eigenvalue weighted by atomic mass is 9.95. The van der Waals surface area contributed by atoms with Crippen molar-refractivity contribution in [1.82, 2.24) is 0 Å². The maximum atomic E-state index is 12.6. The number of ketones is 1. The third-order valence-corrected chi connectivity index (χ3v) is 2.18. The third kappa shape index (κ3) is 2.88. The smallest absolute Gasteiger partial charge is 0.179 e. The average Bonchev–Trinajstić information content (AvgIpc) is 2.26. The van der Waals surface area contributed by atoms with E-state index in [4.69, 9.17) is 5.26 Å². The molecule has 0 bridgehead atoms. The van der Waals surface area contributed by atoms with E-state index in [9.17, 15) is 9.18 Å². The summed E-state index contributed by atoms with van der Waals surface area (Å²) in [5.41, 5.74) is 0.399. The summed E-state index contributed by atoms with van der Waals surface area (Å²) in [4.78, 5) is 11.7. The monoisotopic (exact) mass is 205 g/mol. The summed E-state index contributed by atoms with van der Waals surface area (Å²) >= 11 is 0. The Morgan fingerprint density at radius 3 is 2.53 bits per heavy atom. The maximum Gasteiger partial charge on any atom is 0.179 e. The van der Waals surface area contributed by atoms with Crippen molar-refractivity contribution in [2.24, 2.45) is 5.92 Å². The van der Waals surface area contributed by atoms with Gasteiger partial charge >= 0.3 is 0 Å². The van der Waals surface area contributed by atoms with Gasteiger partial charge in [0.25, 0.3) is 0 Å². The number of carbonyl (C=O) groups is 1. The molecule has 0 aliphatic carbocycles. The molecule has 0 spiro atoms. The van der Waals surface area contributed by atoms with Crippen molar-refractivity contribution in [3.8, 4) is 6.07 Å². The van der Waals surface area contributed by atoms with E-state index in [1.807, 2.05) is 13.0 Å². The number of nitriles is 1. The molecule has 1 aromatic rings. The van der Waals surface area contributed by atoms with Crippen LogP contribution in [0, 0.1) is 23.1 Å². The average molecular weight is 205 g/mol. The van der Waals surface area contributed by atoms with Crippen molar-refractivity contribution in [2.75, 3.05) is 0 Å². The molecular formula is C12H12FNO. The van der Waals surface area contributed by atoms with Crippen LogP contribution in [-0.4, -0.2) is 5.78 Å². The van der Waals surface area contributed by atoms with E-state index in [-0.39, 0.29) is 11.6 Å². The lowest BCUT2D eigenvalue weighted by molar-refractivity contribution is 0.0943. The van der Waals surface area contributed by atoms with Crippen LogP contribution in [0.3, 0.4) is 0 Å². The fourth-order valence-corrected chi connectivity index (χ4v) is 1.36. The molecule has 0 saturated carbocycles. The Morgan fingerprint density at radius 2 is 2.07 bits per heavy atom. The largest absolute Gasteiger partial charge is 0.293 e. The Hall–Kier alpha value is -1.69. The van der Waals surface area contributed by atoms with E-state index in [1.165, 1.54) is 24.3 Å². The Kier molecular flexibility index (Phi) is 3.99.